The largest absolute Gasteiger partial charge is 0.366 e. The fourth-order valence-corrected chi connectivity index (χ4v) is 5.04. The van der Waals surface area contributed by atoms with E-state index in [0.29, 0.717) is 13.1 Å². The summed E-state index contributed by atoms with van der Waals surface area (Å²) in [6.45, 7) is 3.28. The summed E-state index contributed by atoms with van der Waals surface area (Å²) in [6, 6.07) is 26.6. The number of aryl methyl sites for hydroxylation is 1. The highest BCUT2D eigenvalue weighted by Gasteiger charge is 2.16. The molecule has 1 aromatic heterocycles. The van der Waals surface area contributed by atoms with Crippen LogP contribution in [-0.2, 0) is 24.3 Å². The summed E-state index contributed by atoms with van der Waals surface area (Å²) in [5.74, 6) is 0.825. The monoisotopic (exact) mass is 578 g/mol. The van der Waals surface area contributed by atoms with Gasteiger partial charge >= 0.3 is 0 Å². The highest BCUT2D eigenvalue weighted by atomic mass is 79.9. The van der Waals surface area contributed by atoms with Gasteiger partial charge in [-0.3, -0.25) is 4.79 Å². The molecule has 0 bridgehead atoms. The van der Waals surface area contributed by atoms with Gasteiger partial charge in [-0.2, -0.15) is 5.10 Å². The fourth-order valence-electron chi connectivity index (χ4n) is 4.58. The fraction of sp³-hybridized carbons (Fsp3) is 0.152. The number of carbonyl (C=O) groups excluding carboxylic acids is 1. The Morgan fingerprint density at radius 1 is 0.974 bits per heavy atom. The highest BCUT2D eigenvalue weighted by molar-refractivity contribution is 9.10. The van der Waals surface area contributed by atoms with Crippen molar-refractivity contribution in [2.45, 2.75) is 32.9 Å². The topological polar surface area (TPSA) is 59.0 Å². The number of rotatable bonds is 8. The molecule has 5 rings (SSSR count). The molecule has 1 aliphatic heterocycles. The number of hydrogen-bond donors (Lipinski definition) is 2. The van der Waals surface area contributed by atoms with Gasteiger partial charge in [-0.05, 0) is 81.2 Å². The number of hydrogen-bond acceptors (Lipinski definition) is 3. The molecule has 0 radical (unpaired) electrons. The lowest BCUT2D eigenvalue weighted by atomic mass is 9.98. The van der Waals surface area contributed by atoms with Gasteiger partial charge in [0.25, 0.3) is 0 Å². The molecule has 6 heteroatoms. The first-order chi connectivity index (χ1) is 19.1. The second-order valence-electron chi connectivity index (χ2n) is 9.53. The summed E-state index contributed by atoms with van der Waals surface area (Å²) in [7, 11) is 0. The van der Waals surface area contributed by atoms with E-state index in [1.165, 1.54) is 16.7 Å². The van der Waals surface area contributed by atoms with Gasteiger partial charge in [0.1, 0.15) is 5.82 Å². The Kier molecular flexibility index (Phi) is 8.54. The summed E-state index contributed by atoms with van der Waals surface area (Å²) in [5.41, 5.74) is 8.03. The van der Waals surface area contributed by atoms with Crippen LogP contribution in [0.4, 0.5) is 0 Å². The highest BCUT2D eigenvalue weighted by Crippen LogP contribution is 2.28. The van der Waals surface area contributed by atoms with Gasteiger partial charge < -0.3 is 10.6 Å². The number of halogens is 1. The second kappa shape index (κ2) is 12.6. The van der Waals surface area contributed by atoms with Crippen molar-refractivity contribution < 1.29 is 4.79 Å². The average molecular weight is 580 g/mol. The summed E-state index contributed by atoms with van der Waals surface area (Å²) in [4.78, 5) is 12.2. The Morgan fingerprint density at radius 3 is 2.46 bits per heavy atom. The number of fused-ring (bicyclic) bond motifs is 1. The van der Waals surface area contributed by atoms with Crippen molar-refractivity contribution in [1.82, 2.24) is 20.4 Å². The normalized spacial score (nSPS) is 15.8. The molecule has 1 amide bonds. The van der Waals surface area contributed by atoms with Crippen LogP contribution in [0.1, 0.15) is 39.9 Å². The lowest BCUT2D eigenvalue weighted by molar-refractivity contribution is -0.116. The maximum absolute atomic E-state index is 12.2. The maximum Gasteiger partial charge on any atom is 0.244 e. The molecular formula is C33H31BrN4O. The standard InChI is InChI=1S/C33H31BrN4O/c1-24-8-5-6-12-29(24)28-11-7-13-31-30(34)23-37-38(31)32(20-28)35-21-26-14-16-27(17-15-26)22-36-33(39)19-18-25-9-3-2-4-10-25/h2-6,8-12,14-20,23,35H,7,13,21-22H2,1H3,(H,36,39)/b19-18+,28-11-,32-20-. The second-order valence-corrected chi connectivity index (χ2v) is 10.4. The van der Waals surface area contributed by atoms with Gasteiger partial charge in [0.05, 0.1) is 16.4 Å². The maximum atomic E-state index is 12.2. The predicted molar refractivity (Wildman–Crippen MR) is 162 cm³/mol. The molecule has 5 nitrogen and oxygen atoms in total. The number of nitrogens with one attached hydrogen (secondary N) is 2. The zero-order valence-corrected chi connectivity index (χ0v) is 23.5. The van der Waals surface area contributed by atoms with Crippen LogP contribution in [0, 0.1) is 6.92 Å². The molecule has 4 aromatic rings. The summed E-state index contributed by atoms with van der Waals surface area (Å²) in [5, 5.41) is 11.2. The molecule has 0 unspecified atom stereocenters. The van der Waals surface area contributed by atoms with E-state index in [4.69, 9.17) is 0 Å². The Balaban J connectivity index is 1.25. The van der Waals surface area contributed by atoms with E-state index < -0.39 is 0 Å². The number of benzene rings is 3. The molecule has 1 aliphatic rings. The van der Waals surface area contributed by atoms with Crippen LogP contribution < -0.4 is 10.6 Å². The molecule has 39 heavy (non-hydrogen) atoms. The molecule has 3 aromatic carbocycles. The van der Waals surface area contributed by atoms with Gasteiger partial charge in [0.2, 0.25) is 5.91 Å². The first-order valence-electron chi connectivity index (χ1n) is 13.1. The predicted octanol–water partition coefficient (Wildman–Crippen LogP) is 6.90. The smallest absolute Gasteiger partial charge is 0.244 e. The molecular weight excluding hydrogens is 548 g/mol. The summed E-state index contributed by atoms with van der Waals surface area (Å²) >= 11 is 3.67. The Bertz CT molecular complexity index is 1530. The van der Waals surface area contributed by atoms with E-state index in [2.05, 4.69) is 99.3 Å². The van der Waals surface area contributed by atoms with E-state index in [1.54, 1.807) is 6.08 Å². The van der Waals surface area contributed by atoms with E-state index in [-0.39, 0.29) is 5.91 Å². The average Bonchev–Trinajstić information content (AvgIpc) is 3.31. The molecule has 2 N–H and O–H groups in total. The van der Waals surface area contributed by atoms with Crippen molar-refractivity contribution in [3.05, 3.63) is 141 Å². The summed E-state index contributed by atoms with van der Waals surface area (Å²) < 4.78 is 3.02. The number of nitrogens with zero attached hydrogens (tertiary/aromatic N) is 2. The third-order valence-electron chi connectivity index (χ3n) is 6.73. The summed E-state index contributed by atoms with van der Waals surface area (Å²) in [6.07, 6.45) is 11.6. The van der Waals surface area contributed by atoms with Gasteiger partial charge in [-0.15, -0.1) is 0 Å². The third-order valence-corrected chi connectivity index (χ3v) is 7.39. The van der Waals surface area contributed by atoms with E-state index in [9.17, 15) is 4.79 Å². The minimum atomic E-state index is -0.112. The van der Waals surface area contributed by atoms with Crippen molar-refractivity contribution in [2.75, 3.05) is 0 Å². The first-order valence-corrected chi connectivity index (χ1v) is 13.9. The van der Waals surface area contributed by atoms with Crippen molar-refractivity contribution >= 4 is 39.3 Å². The SMILES string of the molecule is Cc1ccccc1C1=C\CCc2c(Br)cnn2/C(NCc2ccc(CNC(=O)/C=C/c3ccccc3)cc2)=C\1. The lowest BCUT2D eigenvalue weighted by Gasteiger charge is -2.18. The molecule has 0 fully saturated rings. The molecule has 0 aliphatic carbocycles. The van der Waals surface area contributed by atoms with Gasteiger partial charge in [-0.1, -0.05) is 84.9 Å². The van der Waals surface area contributed by atoms with E-state index in [0.717, 1.165) is 45.5 Å². The van der Waals surface area contributed by atoms with Crippen LogP contribution in [-0.4, -0.2) is 15.7 Å². The Morgan fingerprint density at radius 2 is 1.69 bits per heavy atom. The molecule has 0 saturated carbocycles. The lowest BCUT2D eigenvalue weighted by Crippen LogP contribution is -2.21. The number of allylic oxidation sites excluding steroid dienone is 3. The molecule has 0 spiro atoms. The minimum absolute atomic E-state index is 0.112. The zero-order valence-electron chi connectivity index (χ0n) is 21.9. The number of amides is 1. The molecule has 0 atom stereocenters. The molecule has 0 saturated heterocycles. The van der Waals surface area contributed by atoms with Crippen LogP contribution in [0.25, 0.3) is 17.5 Å². The van der Waals surface area contributed by atoms with Crippen LogP contribution in [0.3, 0.4) is 0 Å². The van der Waals surface area contributed by atoms with Gasteiger partial charge in [0, 0.05) is 19.2 Å². The van der Waals surface area contributed by atoms with Crippen molar-refractivity contribution in [3.8, 4) is 0 Å². The Labute approximate surface area is 238 Å². The van der Waals surface area contributed by atoms with Crippen LogP contribution >= 0.6 is 15.9 Å². The zero-order chi connectivity index (χ0) is 27.0. The third kappa shape index (κ3) is 6.84. The van der Waals surface area contributed by atoms with Crippen LogP contribution in [0.15, 0.2) is 108 Å². The van der Waals surface area contributed by atoms with E-state index in [1.807, 2.05) is 47.3 Å². The minimum Gasteiger partial charge on any atom is -0.366 e. The van der Waals surface area contributed by atoms with Crippen LogP contribution in [0.5, 0.6) is 0 Å². The molecule has 196 valence electrons. The first kappa shape index (κ1) is 26.4. The van der Waals surface area contributed by atoms with Crippen molar-refractivity contribution in [3.63, 3.8) is 0 Å². The number of aromatic nitrogens is 2. The molecule has 2 heterocycles. The van der Waals surface area contributed by atoms with Crippen molar-refractivity contribution in [1.29, 1.82) is 0 Å². The van der Waals surface area contributed by atoms with E-state index >= 15 is 0 Å². The number of carbonyl (C=O) groups is 1. The van der Waals surface area contributed by atoms with Gasteiger partial charge in [-0.25, -0.2) is 4.68 Å². The van der Waals surface area contributed by atoms with Crippen LogP contribution in [0.2, 0.25) is 0 Å². The van der Waals surface area contributed by atoms with Crippen molar-refractivity contribution in [2.24, 2.45) is 0 Å². The van der Waals surface area contributed by atoms with Gasteiger partial charge in [0.15, 0.2) is 0 Å². The quantitative estimate of drug-likeness (QED) is 0.223. The Hall–Kier alpha value is -4.16.